The molecule has 1 amide bonds. The third-order valence-electron chi connectivity index (χ3n) is 5.16. The molecule has 2 aromatic heterocycles. The SMILES string of the molecule is O=C(Nc1ccc(N2CCCC2)cn1)c1cnn(-c2cccc(C(F)(F)F)c2)c1C(F)(F)F. The van der Waals surface area contributed by atoms with Gasteiger partial charge in [-0.05, 0) is 43.2 Å². The van der Waals surface area contributed by atoms with Crippen molar-refractivity contribution in [3.63, 3.8) is 0 Å². The minimum atomic E-state index is -5.07. The second-order valence-electron chi connectivity index (χ2n) is 7.41. The molecular formula is C21H17F6N5O. The summed E-state index contributed by atoms with van der Waals surface area (Å²) in [6.45, 7) is 1.74. The fourth-order valence-electron chi connectivity index (χ4n) is 3.60. The number of benzene rings is 1. The number of hydrogen-bond acceptors (Lipinski definition) is 4. The van der Waals surface area contributed by atoms with Crippen LogP contribution >= 0.6 is 0 Å². The number of aromatic nitrogens is 3. The van der Waals surface area contributed by atoms with E-state index in [1.807, 2.05) is 0 Å². The van der Waals surface area contributed by atoms with Crippen LogP contribution in [0, 0.1) is 0 Å². The number of pyridine rings is 1. The molecule has 0 aliphatic carbocycles. The average Bonchev–Trinajstić information content (AvgIpc) is 3.44. The quantitative estimate of drug-likeness (QED) is 0.537. The summed E-state index contributed by atoms with van der Waals surface area (Å²) >= 11 is 0. The topological polar surface area (TPSA) is 63.1 Å². The summed E-state index contributed by atoms with van der Waals surface area (Å²) in [5.74, 6) is -1.11. The molecule has 0 bridgehead atoms. The van der Waals surface area contributed by atoms with Gasteiger partial charge in [0.15, 0.2) is 5.69 Å². The van der Waals surface area contributed by atoms with Gasteiger partial charge in [0.25, 0.3) is 5.91 Å². The number of carbonyl (C=O) groups excluding carboxylic acids is 1. The van der Waals surface area contributed by atoms with Crippen molar-refractivity contribution in [1.82, 2.24) is 14.8 Å². The van der Waals surface area contributed by atoms with Crippen LogP contribution in [0.4, 0.5) is 37.8 Å². The Kier molecular flexibility index (Phi) is 5.76. The smallest absolute Gasteiger partial charge is 0.370 e. The summed E-state index contributed by atoms with van der Waals surface area (Å²) < 4.78 is 80.7. The molecule has 33 heavy (non-hydrogen) atoms. The van der Waals surface area contributed by atoms with Crippen LogP contribution in [0.3, 0.4) is 0 Å². The molecule has 0 spiro atoms. The Balaban J connectivity index is 1.63. The zero-order valence-corrected chi connectivity index (χ0v) is 16.9. The van der Waals surface area contributed by atoms with Crippen molar-refractivity contribution in [3.05, 3.63) is 65.6 Å². The van der Waals surface area contributed by atoms with E-state index in [1.165, 1.54) is 12.3 Å². The minimum Gasteiger partial charge on any atom is -0.370 e. The van der Waals surface area contributed by atoms with Crippen molar-refractivity contribution in [2.24, 2.45) is 0 Å². The summed E-state index contributed by atoms with van der Waals surface area (Å²) in [6.07, 6.45) is -5.54. The molecule has 0 saturated carbocycles. The van der Waals surface area contributed by atoms with Gasteiger partial charge in [0, 0.05) is 13.1 Å². The van der Waals surface area contributed by atoms with E-state index in [-0.39, 0.29) is 10.5 Å². The lowest BCUT2D eigenvalue weighted by Crippen LogP contribution is -2.21. The molecule has 4 rings (SSSR count). The normalized spacial score (nSPS) is 14.5. The molecule has 6 nitrogen and oxygen atoms in total. The van der Waals surface area contributed by atoms with Gasteiger partial charge < -0.3 is 10.2 Å². The Morgan fingerprint density at radius 1 is 0.909 bits per heavy atom. The fourth-order valence-corrected chi connectivity index (χ4v) is 3.60. The lowest BCUT2D eigenvalue weighted by Gasteiger charge is -2.17. The first kappa shape index (κ1) is 22.6. The number of anilines is 2. The van der Waals surface area contributed by atoms with Gasteiger partial charge in [-0.2, -0.15) is 31.4 Å². The van der Waals surface area contributed by atoms with Crippen LogP contribution < -0.4 is 10.2 Å². The largest absolute Gasteiger partial charge is 0.434 e. The molecular weight excluding hydrogens is 452 g/mol. The van der Waals surface area contributed by atoms with E-state index in [4.69, 9.17) is 0 Å². The third kappa shape index (κ3) is 4.78. The fraction of sp³-hybridized carbons (Fsp3) is 0.286. The number of alkyl halides is 6. The summed E-state index contributed by atoms with van der Waals surface area (Å²) in [5, 5.41) is 5.83. The van der Waals surface area contributed by atoms with Crippen LogP contribution in [0.1, 0.15) is 34.5 Å². The standard InChI is InChI=1S/C21H17F6N5O/c22-20(23,24)13-4-3-5-14(10-13)32-18(21(25,26)27)16(12-29-32)19(33)30-17-7-6-15(11-28-17)31-8-1-2-9-31/h3-7,10-12H,1-2,8-9H2,(H,28,30,33). The second kappa shape index (κ2) is 8.41. The lowest BCUT2D eigenvalue weighted by molar-refractivity contribution is -0.143. The van der Waals surface area contributed by atoms with Crippen LogP contribution in [0.15, 0.2) is 48.8 Å². The van der Waals surface area contributed by atoms with Gasteiger partial charge in [-0.1, -0.05) is 6.07 Å². The van der Waals surface area contributed by atoms with Gasteiger partial charge >= 0.3 is 12.4 Å². The lowest BCUT2D eigenvalue weighted by atomic mass is 10.1. The number of nitrogens with one attached hydrogen (secondary N) is 1. The van der Waals surface area contributed by atoms with Crippen LogP contribution in [-0.4, -0.2) is 33.8 Å². The maximum absolute atomic E-state index is 13.8. The van der Waals surface area contributed by atoms with Crippen molar-refractivity contribution in [3.8, 4) is 5.69 Å². The van der Waals surface area contributed by atoms with Crippen LogP contribution in [0.25, 0.3) is 5.69 Å². The number of halogens is 6. The maximum atomic E-state index is 13.8. The molecule has 12 heteroatoms. The first-order valence-electron chi connectivity index (χ1n) is 9.89. The Hall–Kier alpha value is -3.57. The number of amides is 1. The van der Waals surface area contributed by atoms with Gasteiger partial charge in [0.05, 0.1) is 34.9 Å². The molecule has 1 N–H and O–H groups in total. The van der Waals surface area contributed by atoms with Crippen LogP contribution in [-0.2, 0) is 12.4 Å². The first-order chi connectivity index (χ1) is 15.5. The third-order valence-corrected chi connectivity index (χ3v) is 5.16. The molecule has 3 heterocycles. The van der Waals surface area contributed by atoms with E-state index in [2.05, 4.69) is 20.3 Å². The number of carbonyl (C=O) groups is 1. The van der Waals surface area contributed by atoms with E-state index >= 15 is 0 Å². The molecule has 1 aliphatic rings. The zero-order valence-electron chi connectivity index (χ0n) is 16.9. The minimum absolute atomic E-state index is 0.0305. The second-order valence-corrected chi connectivity index (χ2v) is 7.41. The molecule has 1 aromatic carbocycles. The van der Waals surface area contributed by atoms with Gasteiger partial charge in [-0.3, -0.25) is 4.79 Å². The first-order valence-corrected chi connectivity index (χ1v) is 9.89. The molecule has 1 aliphatic heterocycles. The van der Waals surface area contributed by atoms with E-state index in [9.17, 15) is 31.1 Å². The molecule has 1 fully saturated rings. The van der Waals surface area contributed by atoms with Gasteiger partial charge in [-0.15, -0.1) is 0 Å². The molecule has 3 aromatic rings. The summed E-state index contributed by atoms with van der Waals surface area (Å²) in [6, 6.07) is 6.43. The van der Waals surface area contributed by atoms with Crippen LogP contribution in [0.2, 0.25) is 0 Å². The van der Waals surface area contributed by atoms with Crippen molar-refractivity contribution < 1.29 is 31.1 Å². The van der Waals surface area contributed by atoms with E-state index < -0.39 is 40.8 Å². The number of rotatable bonds is 4. The molecule has 0 radical (unpaired) electrons. The molecule has 0 atom stereocenters. The Morgan fingerprint density at radius 2 is 1.64 bits per heavy atom. The molecule has 1 saturated heterocycles. The van der Waals surface area contributed by atoms with Crippen molar-refractivity contribution >= 4 is 17.4 Å². The van der Waals surface area contributed by atoms with E-state index in [0.717, 1.165) is 49.8 Å². The van der Waals surface area contributed by atoms with E-state index in [0.29, 0.717) is 12.3 Å². The average molecular weight is 469 g/mol. The highest BCUT2D eigenvalue weighted by atomic mass is 19.4. The van der Waals surface area contributed by atoms with Crippen molar-refractivity contribution in [2.75, 3.05) is 23.3 Å². The highest BCUT2D eigenvalue weighted by molar-refractivity contribution is 6.04. The predicted molar refractivity (Wildman–Crippen MR) is 107 cm³/mol. The maximum Gasteiger partial charge on any atom is 0.434 e. The Morgan fingerprint density at radius 3 is 2.24 bits per heavy atom. The van der Waals surface area contributed by atoms with Crippen molar-refractivity contribution in [1.29, 1.82) is 0 Å². The summed E-state index contributed by atoms with van der Waals surface area (Å²) in [4.78, 5) is 18.8. The Bertz CT molecular complexity index is 1150. The highest BCUT2D eigenvalue weighted by Crippen LogP contribution is 2.36. The van der Waals surface area contributed by atoms with Gasteiger partial charge in [0.2, 0.25) is 0 Å². The van der Waals surface area contributed by atoms with Crippen molar-refractivity contribution in [2.45, 2.75) is 25.2 Å². The summed E-state index contributed by atoms with van der Waals surface area (Å²) in [5.41, 5.74) is -3.13. The molecule has 0 unspecified atom stereocenters. The number of nitrogens with zero attached hydrogens (tertiary/aromatic N) is 4. The predicted octanol–water partition coefficient (Wildman–Crippen LogP) is 5.16. The van der Waals surface area contributed by atoms with Crippen LogP contribution in [0.5, 0.6) is 0 Å². The van der Waals surface area contributed by atoms with Gasteiger partial charge in [0.1, 0.15) is 5.82 Å². The zero-order chi connectivity index (χ0) is 23.8. The summed E-state index contributed by atoms with van der Waals surface area (Å²) in [7, 11) is 0. The van der Waals surface area contributed by atoms with Gasteiger partial charge in [-0.25, -0.2) is 9.67 Å². The monoisotopic (exact) mass is 469 g/mol. The highest BCUT2D eigenvalue weighted by Gasteiger charge is 2.41. The molecule has 174 valence electrons. The number of hydrogen-bond donors (Lipinski definition) is 1. The Labute approximate surface area is 183 Å². The van der Waals surface area contributed by atoms with E-state index in [1.54, 1.807) is 6.07 Å².